The first-order valence-corrected chi connectivity index (χ1v) is 12.1. The quantitative estimate of drug-likeness (QED) is 0.600. The van der Waals surface area contributed by atoms with E-state index in [2.05, 4.69) is 19.2 Å². The molecule has 0 spiro atoms. The van der Waals surface area contributed by atoms with Crippen LogP contribution in [0.4, 0.5) is 0 Å². The monoisotopic (exact) mass is 438 g/mol. The lowest BCUT2D eigenvalue weighted by Gasteiger charge is -2.22. The number of ether oxygens (including phenoxy) is 1. The molecule has 0 aliphatic carbocycles. The van der Waals surface area contributed by atoms with E-state index >= 15 is 0 Å². The molecular formula is C21H30N2O4S2. The minimum atomic E-state index is -3.76. The van der Waals surface area contributed by atoms with Gasteiger partial charge in [0.05, 0.1) is 13.2 Å². The van der Waals surface area contributed by atoms with Crippen molar-refractivity contribution in [2.24, 2.45) is 5.92 Å². The van der Waals surface area contributed by atoms with Gasteiger partial charge in [-0.05, 0) is 42.0 Å². The summed E-state index contributed by atoms with van der Waals surface area (Å²) >= 11 is 1.60. The van der Waals surface area contributed by atoms with Crippen molar-refractivity contribution in [3.63, 3.8) is 0 Å². The van der Waals surface area contributed by atoms with Crippen molar-refractivity contribution < 1.29 is 17.9 Å². The second-order valence-electron chi connectivity index (χ2n) is 7.13. The highest BCUT2D eigenvalue weighted by Gasteiger charge is 2.27. The highest BCUT2D eigenvalue weighted by molar-refractivity contribution is 7.89. The fourth-order valence-corrected chi connectivity index (χ4v) is 5.60. The molecule has 1 N–H and O–H groups in total. The molecule has 1 atom stereocenters. The fourth-order valence-electron chi connectivity index (χ4n) is 3.17. The average molecular weight is 439 g/mol. The van der Waals surface area contributed by atoms with Gasteiger partial charge in [-0.15, -0.1) is 11.3 Å². The Labute approximate surface area is 177 Å². The molecule has 1 heterocycles. The molecule has 0 saturated heterocycles. The van der Waals surface area contributed by atoms with Crippen LogP contribution in [0.1, 0.15) is 55.4 Å². The van der Waals surface area contributed by atoms with E-state index in [-0.39, 0.29) is 22.6 Å². The number of nitrogens with zero attached hydrogens (tertiary/aromatic N) is 1. The summed E-state index contributed by atoms with van der Waals surface area (Å²) in [5, 5.41) is 5.05. The number of thiophene rings is 1. The summed E-state index contributed by atoms with van der Waals surface area (Å²) in [6.45, 7) is 8.45. The van der Waals surface area contributed by atoms with Gasteiger partial charge in [0.25, 0.3) is 5.91 Å². The maximum absolute atomic E-state index is 13.0. The van der Waals surface area contributed by atoms with Crippen LogP contribution in [0.25, 0.3) is 0 Å². The number of hydrogen-bond donors (Lipinski definition) is 1. The SMILES string of the molecule is CCN(CC)S(=O)(=O)c1cc(C(=O)NC(CC(C)C)c2cccs2)ccc1OC. The summed E-state index contributed by atoms with van der Waals surface area (Å²) < 4.78 is 32.6. The zero-order chi connectivity index (χ0) is 21.6. The lowest BCUT2D eigenvalue weighted by molar-refractivity contribution is 0.0932. The first-order chi connectivity index (χ1) is 13.7. The van der Waals surface area contributed by atoms with Gasteiger partial charge in [0.1, 0.15) is 10.6 Å². The molecule has 0 bridgehead atoms. The van der Waals surface area contributed by atoms with E-state index in [4.69, 9.17) is 4.74 Å². The van der Waals surface area contributed by atoms with Crippen LogP contribution < -0.4 is 10.1 Å². The number of nitrogens with one attached hydrogen (secondary N) is 1. The number of carbonyl (C=O) groups excluding carboxylic acids is 1. The Kier molecular flexibility index (Phi) is 8.24. The molecule has 1 unspecified atom stereocenters. The van der Waals surface area contributed by atoms with Gasteiger partial charge in [-0.2, -0.15) is 4.31 Å². The van der Waals surface area contributed by atoms with Crippen LogP contribution in [0.5, 0.6) is 5.75 Å². The molecule has 2 aromatic rings. The molecule has 0 saturated carbocycles. The molecular weight excluding hydrogens is 408 g/mol. The van der Waals surface area contributed by atoms with E-state index in [0.717, 1.165) is 11.3 Å². The van der Waals surface area contributed by atoms with Crippen LogP contribution in [-0.2, 0) is 10.0 Å². The van der Waals surface area contributed by atoms with Crippen molar-refractivity contribution in [3.8, 4) is 5.75 Å². The highest BCUT2D eigenvalue weighted by Crippen LogP contribution is 2.29. The highest BCUT2D eigenvalue weighted by atomic mass is 32.2. The Morgan fingerprint density at radius 1 is 1.21 bits per heavy atom. The largest absolute Gasteiger partial charge is 0.495 e. The molecule has 0 aliphatic rings. The summed E-state index contributed by atoms with van der Waals surface area (Å²) in [7, 11) is -2.34. The van der Waals surface area contributed by atoms with Crippen LogP contribution in [-0.4, -0.2) is 38.8 Å². The lowest BCUT2D eigenvalue weighted by Crippen LogP contribution is -2.32. The predicted octanol–water partition coefficient (Wildman–Crippen LogP) is 4.30. The molecule has 8 heteroatoms. The summed E-state index contributed by atoms with van der Waals surface area (Å²) in [5.41, 5.74) is 0.293. The Hall–Kier alpha value is -1.90. The van der Waals surface area contributed by atoms with E-state index in [0.29, 0.717) is 24.6 Å². The molecule has 0 radical (unpaired) electrons. The van der Waals surface area contributed by atoms with E-state index in [1.807, 2.05) is 17.5 Å². The van der Waals surface area contributed by atoms with E-state index < -0.39 is 10.0 Å². The molecule has 160 valence electrons. The number of carbonyl (C=O) groups is 1. The number of methoxy groups -OCH3 is 1. The van der Waals surface area contributed by atoms with Gasteiger partial charge in [0, 0.05) is 23.5 Å². The third-order valence-electron chi connectivity index (χ3n) is 4.65. The van der Waals surface area contributed by atoms with Gasteiger partial charge in [0.15, 0.2) is 0 Å². The molecule has 0 fully saturated rings. The van der Waals surface area contributed by atoms with Gasteiger partial charge < -0.3 is 10.1 Å². The van der Waals surface area contributed by atoms with Crippen LogP contribution >= 0.6 is 11.3 Å². The molecule has 0 aliphatic heterocycles. The molecule has 29 heavy (non-hydrogen) atoms. The van der Waals surface area contributed by atoms with Crippen LogP contribution in [0.3, 0.4) is 0 Å². The number of sulfonamides is 1. The van der Waals surface area contributed by atoms with E-state index in [1.165, 1.54) is 23.5 Å². The fraction of sp³-hybridized carbons (Fsp3) is 0.476. The third kappa shape index (κ3) is 5.58. The standard InChI is InChI=1S/C21H30N2O4S2/c1-6-23(7-2)29(25,26)20-14-16(10-11-18(20)27-5)21(24)22-17(13-15(3)4)19-9-8-12-28-19/h8-12,14-15,17H,6-7,13H2,1-5H3,(H,22,24). The number of benzene rings is 1. The molecule has 6 nitrogen and oxygen atoms in total. The van der Waals surface area contributed by atoms with Crippen molar-refractivity contribution in [1.29, 1.82) is 0 Å². The molecule has 2 rings (SSSR count). The van der Waals surface area contributed by atoms with E-state index in [9.17, 15) is 13.2 Å². The smallest absolute Gasteiger partial charge is 0.251 e. The van der Waals surface area contributed by atoms with Crippen molar-refractivity contribution in [1.82, 2.24) is 9.62 Å². The van der Waals surface area contributed by atoms with E-state index in [1.54, 1.807) is 31.3 Å². The first-order valence-electron chi connectivity index (χ1n) is 9.76. The van der Waals surface area contributed by atoms with Crippen LogP contribution in [0.2, 0.25) is 0 Å². The van der Waals surface area contributed by atoms with Gasteiger partial charge in [0.2, 0.25) is 10.0 Å². The second kappa shape index (κ2) is 10.2. The normalized spacial score (nSPS) is 12.9. The summed E-state index contributed by atoms with van der Waals surface area (Å²) in [6, 6.07) is 8.38. The zero-order valence-electron chi connectivity index (χ0n) is 17.6. The minimum Gasteiger partial charge on any atom is -0.495 e. The van der Waals surface area contributed by atoms with Gasteiger partial charge >= 0.3 is 0 Å². The van der Waals surface area contributed by atoms with Crippen molar-refractivity contribution in [3.05, 3.63) is 46.2 Å². The minimum absolute atomic E-state index is 0.00730. The third-order valence-corrected chi connectivity index (χ3v) is 7.71. The maximum Gasteiger partial charge on any atom is 0.251 e. The lowest BCUT2D eigenvalue weighted by atomic mass is 10.0. The van der Waals surface area contributed by atoms with Gasteiger partial charge in [-0.25, -0.2) is 8.42 Å². The Morgan fingerprint density at radius 3 is 2.41 bits per heavy atom. The number of rotatable bonds is 10. The Balaban J connectivity index is 2.38. The van der Waals surface area contributed by atoms with Crippen molar-refractivity contribution in [2.45, 2.75) is 45.1 Å². The number of amides is 1. The van der Waals surface area contributed by atoms with Crippen molar-refractivity contribution >= 4 is 27.3 Å². The zero-order valence-corrected chi connectivity index (χ0v) is 19.3. The number of hydrogen-bond acceptors (Lipinski definition) is 5. The maximum atomic E-state index is 13.0. The van der Waals surface area contributed by atoms with Gasteiger partial charge in [-0.3, -0.25) is 4.79 Å². The Bertz CT molecular complexity index is 905. The molecule has 1 amide bonds. The predicted molar refractivity (Wildman–Crippen MR) is 117 cm³/mol. The molecule has 1 aromatic carbocycles. The summed E-state index contributed by atoms with van der Waals surface area (Å²) in [5.74, 6) is 0.324. The van der Waals surface area contributed by atoms with Gasteiger partial charge in [-0.1, -0.05) is 33.8 Å². The topological polar surface area (TPSA) is 75.7 Å². The first kappa shape index (κ1) is 23.4. The average Bonchev–Trinajstić information content (AvgIpc) is 3.22. The van der Waals surface area contributed by atoms with Crippen LogP contribution in [0.15, 0.2) is 40.6 Å². The summed E-state index contributed by atoms with van der Waals surface area (Å²) in [6.07, 6.45) is 0.799. The second-order valence-corrected chi connectivity index (χ2v) is 10.0. The summed E-state index contributed by atoms with van der Waals surface area (Å²) in [4.78, 5) is 14.1. The van der Waals surface area contributed by atoms with Crippen molar-refractivity contribution in [2.75, 3.05) is 20.2 Å². The molecule has 1 aromatic heterocycles. The Morgan fingerprint density at radius 2 is 1.90 bits per heavy atom. The van der Waals surface area contributed by atoms with Crippen LogP contribution in [0, 0.1) is 5.92 Å².